The topological polar surface area (TPSA) is 71.4 Å². The van der Waals surface area contributed by atoms with E-state index in [1.165, 1.54) is 25.0 Å². The highest BCUT2D eigenvalue weighted by atomic mass is 32.2. The number of benzene rings is 2. The third-order valence-corrected chi connectivity index (χ3v) is 8.27. The molecule has 2 heterocycles. The van der Waals surface area contributed by atoms with Crippen molar-refractivity contribution in [3.05, 3.63) is 65.4 Å². The predicted molar refractivity (Wildman–Crippen MR) is 132 cm³/mol. The molecule has 176 valence electrons. The number of fused-ring (bicyclic) bond motifs is 1. The van der Waals surface area contributed by atoms with Gasteiger partial charge in [-0.25, -0.2) is 8.42 Å². The number of likely N-dealkylation sites (tertiary alicyclic amines) is 1. The lowest BCUT2D eigenvalue weighted by Crippen LogP contribution is -2.29. The molecule has 1 fully saturated rings. The molecule has 2 aromatic carbocycles. The first-order chi connectivity index (χ1) is 15.9. The van der Waals surface area contributed by atoms with Gasteiger partial charge in [-0.1, -0.05) is 25.5 Å². The van der Waals surface area contributed by atoms with E-state index in [-0.39, 0.29) is 11.7 Å². The van der Waals surface area contributed by atoms with E-state index in [0.717, 1.165) is 42.6 Å². The number of aromatic nitrogens is 1. The molecule has 0 aliphatic carbocycles. The zero-order valence-corrected chi connectivity index (χ0v) is 20.3. The van der Waals surface area contributed by atoms with Crippen molar-refractivity contribution in [1.82, 2.24) is 14.8 Å². The number of amides is 1. The summed E-state index contributed by atoms with van der Waals surface area (Å²) >= 11 is 0. The molecule has 1 aromatic heterocycles. The fraction of sp³-hybridized carbons (Fsp3) is 0.423. The van der Waals surface area contributed by atoms with Gasteiger partial charge >= 0.3 is 0 Å². The van der Waals surface area contributed by atoms with E-state index in [1.54, 1.807) is 31.2 Å². The van der Waals surface area contributed by atoms with Crippen LogP contribution >= 0.6 is 0 Å². The Hall–Kier alpha value is -2.64. The van der Waals surface area contributed by atoms with Gasteiger partial charge in [0, 0.05) is 41.8 Å². The normalized spacial score (nSPS) is 15.1. The number of carbonyl (C=O) groups excluding carboxylic acids is 1. The Labute approximate surface area is 196 Å². The van der Waals surface area contributed by atoms with Crippen molar-refractivity contribution in [2.24, 2.45) is 0 Å². The number of rotatable bonds is 8. The van der Waals surface area contributed by atoms with Crippen LogP contribution in [0.25, 0.3) is 10.9 Å². The van der Waals surface area contributed by atoms with Crippen LogP contribution in [0.3, 0.4) is 0 Å². The van der Waals surface area contributed by atoms with Crippen molar-refractivity contribution in [2.75, 3.05) is 18.8 Å². The van der Waals surface area contributed by atoms with Gasteiger partial charge in [0.25, 0.3) is 5.91 Å². The SMILES string of the molecule is CCn1c(CN2CCCCC2)cc2cc(C(=O)NCc3ccc(S(=O)(=O)CC)cc3)ccc21. The van der Waals surface area contributed by atoms with Crippen LogP contribution in [0.2, 0.25) is 0 Å². The Balaban J connectivity index is 1.46. The van der Waals surface area contributed by atoms with Crippen LogP contribution in [0.1, 0.15) is 54.7 Å². The molecule has 1 aliphatic heterocycles. The number of nitrogens with zero attached hydrogens (tertiary/aromatic N) is 2. The number of aryl methyl sites for hydroxylation is 1. The lowest BCUT2D eigenvalue weighted by Gasteiger charge is -2.26. The Kier molecular flexibility index (Phi) is 7.20. The second-order valence-corrected chi connectivity index (χ2v) is 11.0. The summed E-state index contributed by atoms with van der Waals surface area (Å²) in [6, 6.07) is 14.8. The van der Waals surface area contributed by atoms with Crippen molar-refractivity contribution in [1.29, 1.82) is 0 Å². The van der Waals surface area contributed by atoms with E-state index >= 15 is 0 Å². The summed E-state index contributed by atoms with van der Waals surface area (Å²) in [6.45, 7) is 8.31. The first-order valence-corrected chi connectivity index (χ1v) is 13.5. The van der Waals surface area contributed by atoms with Crippen LogP contribution in [0.5, 0.6) is 0 Å². The summed E-state index contributed by atoms with van der Waals surface area (Å²) in [6.07, 6.45) is 3.87. The Bertz CT molecular complexity index is 1220. The summed E-state index contributed by atoms with van der Waals surface area (Å²) in [5.74, 6) is -0.0607. The number of sulfone groups is 1. The largest absolute Gasteiger partial charge is 0.348 e. The average Bonchev–Trinajstić information content (AvgIpc) is 3.19. The number of hydrogen-bond acceptors (Lipinski definition) is 4. The highest BCUT2D eigenvalue weighted by molar-refractivity contribution is 7.91. The van der Waals surface area contributed by atoms with Crippen LogP contribution in [0, 0.1) is 0 Å². The van der Waals surface area contributed by atoms with E-state index in [4.69, 9.17) is 0 Å². The number of piperidine rings is 1. The fourth-order valence-electron chi connectivity index (χ4n) is 4.59. The smallest absolute Gasteiger partial charge is 0.251 e. The van der Waals surface area contributed by atoms with Gasteiger partial charge in [0.2, 0.25) is 0 Å². The van der Waals surface area contributed by atoms with Gasteiger partial charge in [-0.15, -0.1) is 0 Å². The number of hydrogen-bond donors (Lipinski definition) is 1. The molecular formula is C26H33N3O3S. The fourth-order valence-corrected chi connectivity index (χ4v) is 5.47. The molecule has 33 heavy (non-hydrogen) atoms. The third kappa shape index (κ3) is 5.31. The highest BCUT2D eigenvalue weighted by Gasteiger charge is 2.16. The Morgan fingerprint density at radius 1 is 0.970 bits per heavy atom. The van der Waals surface area contributed by atoms with Gasteiger partial charge in [-0.3, -0.25) is 9.69 Å². The second-order valence-electron chi connectivity index (χ2n) is 8.72. The average molecular weight is 468 g/mol. The first-order valence-electron chi connectivity index (χ1n) is 11.9. The quantitative estimate of drug-likeness (QED) is 0.534. The first kappa shape index (κ1) is 23.5. The van der Waals surface area contributed by atoms with Crippen LogP contribution in [0.4, 0.5) is 0 Å². The molecule has 0 saturated carbocycles. The Morgan fingerprint density at radius 3 is 2.36 bits per heavy atom. The molecule has 1 aliphatic rings. The van der Waals surface area contributed by atoms with Crippen LogP contribution in [-0.2, 0) is 29.5 Å². The van der Waals surface area contributed by atoms with Crippen molar-refractivity contribution >= 4 is 26.6 Å². The molecule has 4 rings (SSSR count). The molecule has 6 nitrogen and oxygen atoms in total. The van der Waals surface area contributed by atoms with Gasteiger partial charge in [-0.05, 0) is 74.8 Å². The van der Waals surface area contributed by atoms with Gasteiger partial charge in [0.1, 0.15) is 0 Å². The molecule has 0 atom stereocenters. The maximum atomic E-state index is 12.8. The summed E-state index contributed by atoms with van der Waals surface area (Å²) in [5, 5.41) is 4.04. The van der Waals surface area contributed by atoms with E-state index in [2.05, 4.69) is 27.8 Å². The lowest BCUT2D eigenvalue weighted by atomic mass is 10.1. The van der Waals surface area contributed by atoms with Gasteiger partial charge in [-0.2, -0.15) is 0 Å². The molecule has 3 aromatic rings. The summed E-state index contributed by atoms with van der Waals surface area (Å²) in [7, 11) is -3.22. The molecule has 1 amide bonds. The zero-order valence-electron chi connectivity index (χ0n) is 19.5. The molecule has 0 bridgehead atoms. The maximum absolute atomic E-state index is 12.8. The summed E-state index contributed by atoms with van der Waals surface area (Å²) in [4.78, 5) is 15.6. The maximum Gasteiger partial charge on any atom is 0.251 e. The van der Waals surface area contributed by atoms with Crippen molar-refractivity contribution < 1.29 is 13.2 Å². The van der Waals surface area contributed by atoms with Crippen molar-refractivity contribution in [3.63, 3.8) is 0 Å². The minimum atomic E-state index is -3.22. The number of nitrogens with one attached hydrogen (secondary N) is 1. The van der Waals surface area contributed by atoms with Gasteiger partial charge < -0.3 is 9.88 Å². The molecule has 7 heteroatoms. The summed E-state index contributed by atoms with van der Waals surface area (Å²) < 4.78 is 26.3. The van der Waals surface area contributed by atoms with Crippen LogP contribution in [-0.4, -0.2) is 42.6 Å². The minimum absolute atomic E-state index is 0.0745. The van der Waals surface area contributed by atoms with E-state index in [0.29, 0.717) is 17.0 Å². The van der Waals surface area contributed by atoms with Crippen LogP contribution in [0.15, 0.2) is 53.4 Å². The van der Waals surface area contributed by atoms with Gasteiger partial charge in [0.15, 0.2) is 9.84 Å². The zero-order chi connectivity index (χ0) is 23.4. The monoisotopic (exact) mass is 467 g/mol. The Morgan fingerprint density at radius 2 is 1.70 bits per heavy atom. The molecular weight excluding hydrogens is 434 g/mol. The molecule has 1 N–H and O–H groups in total. The van der Waals surface area contributed by atoms with Gasteiger partial charge in [0.05, 0.1) is 10.6 Å². The second kappa shape index (κ2) is 10.1. The molecule has 0 spiro atoms. The molecule has 0 radical (unpaired) electrons. The predicted octanol–water partition coefficient (Wildman–Crippen LogP) is 4.37. The van der Waals surface area contributed by atoms with E-state index < -0.39 is 9.84 Å². The highest BCUT2D eigenvalue weighted by Crippen LogP contribution is 2.24. The molecule has 1 saturated heterocycles. The minimum Gasteiger partial charge on any atom is -0.348 e. The summed E-state index contributed by atoms with van der Waals surface area (Å²) in [5.41, 5.74) is 3.95. The standard InChI is InChI=1S/C26H33N3O3S/c1-3-29-23(19-28-14-6-5-7-15-28)17-22-16-21(10-13-25(22)29)26(30)27-18-20-8-11-24(12-9-20)33(31,32)4-2/h8-13,16-17H,3-7,14-15,18-19H2,1-2H3,(H,27,30). The van der Waals surface area contributed by atoms with E-state index in [9.17, 15) is 13.2 Å². The van der Waals surface area contributed by atoms with Crippen LogP contribution < -0.4 is 5.32 Å². The number of carbonyl (C=O) groups is 1. The van der Waals surface area contributed by atoms with Crippen molar-refractivity contribution in [3.8, 4) is 0 Å². The molecule has 0 unspecified atom stereocenters. The van der Waals surface area contributed by atoms with E-state index in [1.807, 2.05) is 18.2 Å². The lowest BCUT2D eigenvalue weighted by molar-refractivity contribution is 0.0951. The third-order valence-electron chi connectivity index (χ3n) is 6.52. The van der Waals surface area contributed by atoms with Crippen molar-refractivity contribution in [2.45, 2.75) is 57.6 Å².